The maximum absolute atomic E-state index is 12.0. The van der Waals surface area contributed by atoms with Gasteiger partial charge in [-0.1, -0.05) is 78.9 Å². The molecule has 1 heterocycles. The van der Waals surface area contributed by atoms with E-state index in [1.165, 1.54) is 0 Å². The Balaban J connectivity index is 1.29. The Bertz CT molecular complexity index is 1580. The number of aliphatic hydroxyl groups excluding tert-OH is 1. The second-order valence-corrected chi connectivity index (χ2v) is 11.9. The molecule has 234 valence electrons. The highest BCUT2D eigenvalue weighted by atomic mass is 32.2. The van der Waals surface area contributed by atoms with Crippen LogP contribution in [-0.4, -0.2) is 41.1 Å². The van der Waals surface area contributed by atoms with Crippen LogP contribution in [0.1, 0.15) is 53.9 Å². The van der Waals surface area contributed by atoms with Gasteiger partial charge in [-0.3, -0.25) is 9.59 Å². The van der Waals surface area contributed by atoms with Crippen molar-refractivity contribution in [2.45, 2.75) is 55.8 Å². The number of aliphatic carboxylic acids is 1. The van der Waals surface area contributed by atoms with Gasteiger partial charge in [-0.25, -0.2) is 0 Å². The van der Waals surface area contributed by atoms with Crippen molar-refractivity contribution in [2.24, 2.45) is 0 Å². The summed E-state index contributed by atoms with van der Waals surface area (Å²) in [5.74, 6) is 0.280. The normalized spacial score (nSPS) is 17.9. The van der Waals surface area contributed by atoms with Crippen molar-refractivity contribution in [3.8, 4) is 16.9 Å². The number of amides is 1. The van der Waals surface area contributed by atoms with Crippen LogP contribution in [0.2, 0.25) is 0 Å². The number of carboxylic acids is 1. The zero-order valence-electron chi connectivity index (χ0n) is 25.1. The number of carbonyl (C=O) groups excluding carboxylic acids is 1. The minimum atomic E-state index is -0.992. The van der Waals surface area contributed by atoms with Crippen LogP contribution in [0.5, 0.6) is 5.75 Å². The number of para-hydroxylation sites is 1. The molecule has 1 fully saturated rings. The van der Waals surface area contributed by atoms with E-state index < -0.39 is 12.3 Å². The summed E-state index contributed by atoms with van der Waals surface area (Å²) in [5, 5.41) is 21.1. The molecule has 1 aliphatic heterocycles. The van der Waals surface area contributed by atoms with Crippen LogP contribution in [0.15, 0.2) is 102 Å². The molecule has 9 heteroatoms. The van der Waals surface area contributed by atoms with Gasteiger partial charge in [0, 0.05) is 35.6 Å². The molecule has 3 atom stereocenters. The van der Waals surface area contributed by atoms with E-state index in [0.29, 0.717) is 13.0 Å². The van der Waals surface area contributed by atoms with E-state index in [9.17, 15) is 14.7 Å². The van der Waals surface area contributed by atoms with Crippen molar-refractivity contribution < 1.29 is 34.0 Å². The smallest absolute Gasteiger partial charge is 0.303 e. The molecule has 3 N–H and O–H groups in total. The minimum absolute atomic E-state index is 0.00754. The van der Waals surface area contributed by atoms with Crippen LogP contribution in [0.25, 0.3) is 11.1 Å². The summed E-state index contributed by atoms with van der Waals surface area (Å²) in [4.78, 5) is 23.7. The quantitative estimate of drug-likeness (QED) is 0.141. The van der Waals surface area contributed by atoms with Gasteiger partial charge in [0.25, 0.3) is 0 Å². The monoisotopic (exact) mass is 627 g/mol. The predicted octanol–water partition coefficient (Wildman–Crippen LogP) is 6.67. The summed E-state index contributed by atoms with van der Waals surface area (Å²) in [6.45, 7) is 0.315. The lowest BCUT2D eigenvalue weighted by Gasteiger charge is -2.36. The number of nitrogens with one attached hydrogen (secondary N) is 1. The standard InChI is InChI=1S/C36H37NO7S/c1-42-31-7-2-3-8-33(31)45-23-30-20-32(27-11-9-24(22-38)10-12-27)44-36(43-30)28-15-13-26(14-16-28)29-6-4-5-25(19-29)21-37-34(39)17-18-35(40)41/h2-16,19,30,32,36,38H,17-18,20-23H2,1H3,(H,37,39)(H,40,41)/t30-,32+,36+/m1/s1. The minimum Gasteiger partial charge on any atom is -0.496 e. The van der Waals surface area contributed by atoms with Gasteiger partial charge in [0.05, 0.1) is 32.3 Å². The molecule has 0 aliphatic carbocycles. The Morgan fingerprint density at radius 2 is 1.62 bits per heavy atom. The third kappa shape index (κ3) is 8.95. The first-order valence-corrected chi connectivity index (χ1v) is 15.8. The number of thioether (sulfide) groups is 1. The molecule has 0 radical (unpaired) electrons. The van der Waals surface area contributed by atoms with E-state index >= 15 is 0 Å². The van der Waals surface area contributed by atoms with Crippen molar-refractivity contribution in [3.05, 3.63) is 119 Å². The average Bonchev–Trinajstić information content (AvgIpc) is 3.09. The van der Waals surface area contributed by atoms with E-state index in [-0.39, 0.29) is 37.6 Å². The highest BCUT2D eigenvalue weighted by Gasteiger charge is 2.32. The van der Waals surface area contributed by atoms with Crippen LogP contribution in [0.4, 0.5) is 0 Å². The van der Waals surface area contributed by atoms with Crippen molar-refractivity contribution >= 4 is 23.6 Å². The molecule has 0 aromatic heterocycles. The molecule has 0 bridgehead atoms. The summed E-state index contributed by atoms with van der Waals surface area (Å²) in [5.41, 5.74) is 5.72. The molecule has 4 aromatic carbocycles. The first-order chi connectivity index (χ1) is 21.9. The lowest BCUT2D eigenvalue weighted by molar-refractivity contribution is -0.245. The third-order valence-electron chi connectivity index (χ3n) is 7.61. The van der Waals surface area contributed by atoms with Crippen LogP contribution in [-0.2, 0) is 32.2 Å². The van der Waals surface area contributed by atoms with E-state index in [2.05, 4.69) is 5.32 Å². The lowest BCUT2D eigenvalue weighted by atomic mass is 9.99. The molecule has 8 nitrogen and oxygen atoms in total. The first-order valence-electron chi connectivity index (χ1n) is 14.9. The van der Waals surface area contributed by atoms with Crippen molar-refractivity contribution in [1.82, 2.24) is 5.32 Å². The number of aliphatic hydroxyl groups is 1. The maximum Gasteiger partial charge on any atom is 0.303 e. The van der Waals surface area contributed by atoms with Crippen molar-refractivity contribution in [3.63, 3.8) is 0 Å². The van der Waals surface area contributed by atoms with Gasteiger partial charge in [-0.15, -0.1) is 11.8 Å². The van der Waals surface area contributed by atoms with Gasteiger partial charge < -0.3 is 29.7 Å². The number of carbonyl (C=O) groups is 2. The molecule has 0 spiro atoms. The Labute approximate surface area is 267 Å². The second kappa shape index (κ2) is 15.7. The van der Waals surface area contributed by atoms with Gasteiger partial charge in [0.1, 0.15) is 5.75 Å². The Hall–Kier alpha value is -4.15. The van der Waals surface area contributed by atoms with Crippen molar-refractivity contribution in [2.75, 3.05) is 12.9 Å². The molecular formula is C36H37NO7S. The first kappa shape index (κ1) is 32.2. The van der Waals surface area contributed by atoms with Gasteiger partial charge >= 0.3 is 5.97 Å². The fourth-order valence-electron chi connectivity index (χ4n) is 5.15. The predicted molar refractivity (Wildman–Crippen MR) is 173 cm³/mol. The van der Waals surface area contributed by atoms with Gasteiger partial charge in [-0.05, 0) is 46.0 Å². The number of rotatable bonds is 13. The molecule has 5 rings (SSSR count). The largest absolute Gasteiger partial charge is 0.496 e. The highest BCUT2D eigenvalue weighted by Crippen LogP contribution is 2.40. The fourth-order valence-corrected chi connectivity index (χ4v) is 6.20. The van der Waals surface area contributed by atoms with Crippen molar-refractivity contribution in [1.29, 1.82) is 0 Å². The molecular weight excluding hydrogens is 590 g/mol. The number of benzene rings is 4. The van der Waals surface area contributed by atoms with E-state index in [1.807, 2.05) is 97.1 Å². The molecule has 0 unspecified atom stereocenters. The topological polar surface area (TPSA) is 114 Å². The zero-order valence-corrected chi connectivity index (χ0v) is 25.9. The summed E-state index contributed by atoms with van der Waals surface area (Å²) < 4.78 is 18.6. The molecule has 45 heavy (non-hydrogen) atoms. The maximum atomic E-state index is 12.0. The number of hydrogen-bond donors (Lipinski definition) is 3. The Morgan fingerprint density at radius 1 is 0.867 bits per heavy atom. The number of carboxylic acid groups (broad SMARTS) is 1. The number of ether oxygens (including phenoxy) is 3. The molecule has 0 saturated carbocycles. The number of hydrogen-bond acceptors (Lipinski definition) is 7. The molecule has 1 amide bonds. The summed E-state index contributed by atoms with van der Waals surface area (Å²) in [6, 6.07) is 31.8. The SMILES string of the molecule is COc1ccccc1SC[C@H]1C[C@@H](c2ccc(CO)cc2)O[C@@H](c2ccc(-c3cccc(CNC(=O)CCC(=O)O)c3)cc2)O1. The van der Waals surface area contributed by atoms with Gasteiger partial charge in [0.2, 0.25) is 5.91 Å². The third-order valence-corrected chi connectivity index (χ3v) is 8.79. The summed E-state index contributed by atoms with van der Waals surface area (Å²) in [6.07, 6.45) is -0.369. The van der Waals surface area contributed by atoms with E-state index in [1.54, 1.807) is 18.9 Å². The van der Waals surface area contributed by atoms with Gasteiger partial charge in [-0.2, -0.15) is 0 Å². The molecule has 1 aliphatic rings. The molecule has 4 aromatic rings. The van der Waals surface area contributed by atoms with E-state index in [4.69, 9.17) is 19.3 Å². The fraction of sp³-hybridized carbons (Fsp3) is 0.278. The average molecular weight is 628 g/mol. The summed E-state index contributed by atoms with van der Waals surface area (Å²) in [7, 11) is 1.68. The second-order valence-electron chi connectivity index (χ2n) is 10.8. The Morgan fingerprint density at radius 3 is 2.36 bits per heavy atom. The van der Waals surface area contributed by atoms with Gasteiger partial charge in [0.15, 0.2) is 6.29 Å². The zero-order chi connectivity index (χ0) is 31.6. The Kier molecular flexibility index (Phi) is 11.3. The lowest BCUT2D eigenvalue weighted by Crippen LogP contribution is -2.31. The number of methoxy groups -OCH3 is 1. The van der Waals surface area contributed by atoms with Crippen LogP contribution in [0, 0.1) is 0 Å². The summed E-state index contributed by atoms with van der Waals surface area (Å²) >= 11 is 1.70. The van der Waals surface area contributed by atoms with Crippen LogP contribution < -0.4 is 10.1 Å². The van der Waals surface area contributed by atoms with Crippen LogP contribution in [0.3, 0.4) is 0 Å². The van der Waals surface area contributed by atoms with E-state index in [0.717, 1.165) is 49.8 Å². The molecule has 1 saturated heterocycles. The van der Waals surface area contributed by atoms with Crippen LogP contribution >= 0.6 is 11.8 Å². The highest BCUT2D eigenvalue weighted by molar-refractivity contribution is 7.99.